The summed E-state index contributed by atoms with van der Waals surface area (Å²) in [5.74, 6) is 0. The summed E-state index contributed by atoms with van der Waals surface area (Å²) in [4.78, 5) is 0. The quantitative estimate of drug-likeness (QED) is 0.501. The average Bonchev–Trinajstić information content (AvgIpc) is 1.65. The summed E-state index contributed by atoms with van der Waals surface area (Å²) >= 11 is 0. The van der Waals surface area contributed by atoms with Gasteiger partial charge in [0.05, 0.1) is 12.7 Å². The van der Waals surface area contributed by atoms with E-state index in [1.807, 2.05) is 6.92 Å². The van der Waals surface area contributed by atoms with Gasteiger partial charge in [-0.25, -0.2) is 0 Å². The zero-order chi connectivity index (χ0) is 4.99. The third kappa shape index (κ3) is 6.35. The molecule has 0 saturated heterocycles. The lowest BCUT2D eigenvalue weighted by atomic mass is 10.3. The molecule has 0 amide bonds. The fourth-order valence-corrected chi connectivity index (χ4v) is 0.129. The fourth-order valence-electron chi connectivity index (χ4n) is 0.129. The molecule has 0 heterocycles. The maximum atomic E-state index is 8.42. The maximum absolute atomic E-state index is 8.42. The van der Waals surface area contributed by atoms with Crippen molar-refractivity contribution in [2.75, 3.05) is 6.61 Å². The summed E-state index contributed by atoms with van der Waals surface area (Å²) in [6.45, 7) is 1.71. The number of hydrogen-bond acceptors (Lipinski definition) is 2. The van der Waals surface area contributed by atoms with Crippen LogP contribution in [-0.2, 0) is 0 Å². The van der Waals surface area contributed by atoms with Crippen molar-refractivity contribution >= 4 is 9.90 Å². The summed E-state index contributed by atoms with van der Waals surface area (Å²) in [6, 6.07) is 0. The van der Waals surface area contributed by atoms with Crippen LogP contribution < -0.4 is 0 Å². The number of rotatable bonds is 2. The van der Waals surface area contributed by atoms with Gasteiger partial charge in [-0.2, -0.15) is 9.90 Å². The van der Waals surface area contributed by atoms with Crippen LogP contribution >= 0.6 is 9.90 Å². The highest BCUT2D eigenvalue weighted by Crippen LogP contribution is 1.83. The van der Waals surface area contributed by atoms with E-state index in [9.17, 15) is 0 Å². The van der Waals surface area contributed by atoms with E-state index >= 15 is 0 Å². The minimum absolute atomic E-state index is 0. The van der Waals surface area contributed by atoms with Crippen molar-refractivity contribution < 1.29 is 10.2 Å². The molecule has 0 saturated carbocycles. The number of aliphatic hydroxyl groups excluding tert-OH is 2. The molecule has 0 fully saturated rings. The van der Waals surface area contributed by atoms with E-state index in [1.54, 1.807) is 0 Å². The van der Waals surface area contributed by atoms with Crippen LogP contribution in [0.2, 0.25) is 0 Å². The van der Waals surface area contributed by atoms with E-state index in [-0.39, 0.29) is 16.5 Å². The summed E-state index contributed by atoms with van der Waals surface area (Å²) in [6.07, 6.45) is 0.126. The molecule has 0 aromatic heterocycles. The van der Waals surface area contributed by atoms with Crippen LogP contribution in [0.3, 0.4) is 0 Å². The molecule has 0 aromatic carbocycles. The molecule has 0 aromatic rings. The molecule has 2 nitrogen and oxygen atoms in total. The monoisotopic (exact) mass is 124 g/mol. The molecule has 0 aliphatic rings. The van der Waals surface area contributed by atoms with Gasteiger partial charge in [0.2, 0.25) is 0 Å². The van der Waals surface area contributed by atoms with Crippen molar-refractivity contribution in [2.24, 2.45) is 0 Å². The number of hydrogen-bond donors (Lipinski definition) is 2. The summed E-state index contributed by atoms with van der Waals surface area (Å²) in [5.41, 5.74) is 0. The summed E-state index contributed by atoms with van der Waals surface area (Å²) in [5, 5.41) is 16.5. The van der Waals surface area contributed by atoms with Gasteiger partial charge in [-0.05, 0) is 6.42 Å². The minimum Gasteiger partial charge on any atom is -0.394 e. The Morgan fingerprint density at radius 1 is 1.57 bits per heavy atom. The predicted molar refractivity (Wildman–Crippen MR) is 34.5 cm³/mol. The topological polar surface area (TPSA) is 40.5 Å². The first kappa shape index (κ1) is 10.4. The molecule has 0 radical (unpaired) electrons. The minimum atomic E-state index is -0.509. The zero-order valence-electron chi connectivity index (χ0n) is 4.59. The van der Waals surface area contributed by atoms with Crippen molar-refractivity contribution in [3.8, 4) is 0 Å². The molecule has 0 aliphatic heterocycles. The molecule has 0 aliphatic carbocycles. The van der Waals surface area contributed by atoms with E-state index in [1.165, 1.54) is 0 Å². The number of aliphatic hydroxyl groups is 2. The molecule has 7 heavy (non-hydrogen) atoms. The van der Waals surface area contributed by atoms with Crippen molar-refractivity contribution in [3.63, 3.8) is 0 Å². The van der Waals surface area contributed by atoms with Crippen molar-refractivity contribution in [2.45, 2.75) is 19.4 Å². The van der Waals surface area contributed by atoms with E-state index < -0.39 is 6.10 Å². The van der Waals surface area contributed by atoms with Crippen LogP contribution in [0.4, 0.5) is 0 Å². The first-order chi connectivity index (χ1) is 2.81. The molecule has 2 N–H and O–H groups in total. The fraction of sp³-hybridized carbons (Fsp3) is 1.00. The normalized spacial score (nSPS) is 12.4. The Labute approximate surface area is 47.2 Å². The Kier molecular flexibility index (Phi) is 9.39. The molecular formula is C4H13O2P. The molecule has 0 spiro atoms. The van der Waals surface area contributed by atoms with Crippen LogP contribution in [-0.4, -0.2) is 22.9 Å². The van der Waals surface area contributed by atoms with Gasteiger partial charge in [0.1, 0.15) is 0 Å². The van der Waals surface area contributed by atoms with Gasteiger partial charge in [-0.3, -0.25) is 0 Å². The molecule has 46 valence electrons. The lowest BCUT2D eigenvalue weighted by molar-refractivity contribution is 0.0923. The van der Waals surface area contributed by atoms with Crippen LogP contribution in [0.25, 0.3) is 0 Å². The largest absolute Gasteiger partial charge is 0.394 e. The lowest BCUT2D eigenvalue weighted by Gasteiger charge is -1.97. The standard InChI is InChI=1S/C4H10O2.H3P/c1-2-4(6)3-5;/h4-6H,2-3H2,1H3;1H3. The Hall–Kier alpha value is 0.350. The highest BCUT2D eigenvalue weighted by molar-refractivity contribution is 6.92. The summed E-state index contributed by atoms with van der Waals surface area (Å²) in [7, 11) is 0. The van der Waals surface area contributed by atoms with Crippen LogP contribution in [0.15, 0.2) is 0 Å². The Morgan fingerprint density at radius 3 is 2.00 bits per heavy atom. The second-order valence-electron chi connectivity index (χ2n) is 1.24. The van der Waals surface area contributed by atoms with E-state index in [0.29, 0.717) is 6.42 Å². The SMILES string of the molecule is CCC(O)CO.P. The van der Waals surface area contributed by atoms with E-state index in [4.69, 9.17) is 10.2 Å². The van der Waals surface area contributed by atoms with E-state index in [0.717, 1.165) is 0 Å². The van der Waals surface area contributed by atoms with Gasteiger partial charge in [-0.1, -0.05) is 6.92 Å². The van der Waals surface area contributed by atoms with Gasteiger partial charge in [-0.15, -0.1) is 0 Å². The second kappa shape index (κ2) is 6.35. The third-order valence-corrected chi connectivity index (χ3v) is 0.682. The molecular weight excluding hydrogens is 111 g/mol. The van der Waals surface area contributed by atoms with Gasteiger partial charge in [0.25, 0.3) is 0 Å². The van der Waals surface area contributed by atoms with Crippen molar-refractivity contribution in [3.05, 3.63) is 0 Å². The Morgan fingerprint density at radius 2 is 2.00 bits per heavy atom. The van der Waals surface area contributed by atoms with Crippen LogP contribution in [0, 0.1) is 0 Å². The Balaban J connectivity index is 0. The van der Waals surface area contributed by atoms with Crippen LogP contribution in [0.1, 0.15) is 13.3 Å². The molecule has 2 unspecified atom stereocenters. The van der Waals surface area contributed by atoms with Crippen LogP contribution in [0.5, 0.6) is 0 Å². The van der Waals surface area contributed by atoms with Gasteiger partial charge < -0.3 is 10.2 Å². The molecule has 0 bridgehead atoms. The third-order valence-electron chi connectivity index (χ3n) is 0.682. The lowest BCUT2D eigenvalue weighted by Crippen LogP contribution is -2.08. The highest BCUT2D eigenvalue weighted by Gasteiger charge is 1.92. The average molecular weight is 124 g/mol. The first-order valence-corrected chi connectivity index (χ1v) is 2.10. The highest BCUT2D eigenvalue weighted by atomic mass is 31.0. The zero-order valence-corrected chi connectivity index (χ0v) is 6.01. The summed E-state index contributed by atoms with van der Waals surface area (Å²) < 4.78 is 0. The first-order valence-electron chi connectivity index (χ1n) is 2.10. The Bertz CT molecular complexity index is 28.9. The molecule has 0 rings (SSSR count). The maximum Gasteiger partial charge on any atom is 0.0768 e. The molecule has 2 atom stereocenters. The second-order valence-corrected chi connectivity index (χ2v) is 1.24. The predicted octanol–water partition coefficient (Wildman–Crippen LogP) is -0.192. The van der Waals surface area contributed by atoms with Crippen molar-refractivity contribution in [1.29, 1.82) is 0 Å². The van der Waals surface area contributed by atoms with Crippen molar-refractivity contribution in [1.82, 2.24) is 0 Å². The van der Waals surface area contributed by atoms with Gasteiger partial charge >= 0.3 is 0 Å². The van der Waals surface area contributed by atoms with Gasteiger partial charge in [0, 0.05) is 0 Å². The molecule has 3 heteroatoms. The smallest absolute Gasteiger partial charge is 0.0768 e. The van der Waals surface area contributed by atoms with E-state index in [2.05, 4.69) is 0 Å². The van der Waals surface area contributed by atoms with Gasteiger partial charge in [0.15, 0.2) is 0 Å².